The van der Waals surface area contributed by atoms with E-state index >= 15 is 0 Å². The number of ether oxygens (including phenoxy) is 1. The highest BCUT2D eigenvalue weighted by Crippen LogP contribution is 2.28. The zero-order chi connectivity index (χ0) is 20.8. The molecule has 1 aromatic rings. The van der Waals surface area contributed by atoms with Crippen LogP contribution >= 0.6 is 24.0 Å². The Morgan fingerprint density at radius 1 is 1.17 bits per heavy atom. The van der Waals surface area contributed by atoms with Crippen LogP contribution in [0, 0.1) is 5.92 Å². The Balaban J connectivity index is 0.00000420. The second kappa shape index (κ2) is 11.5. The predicted octanol–water partition coefficient (Wildman–Crippen LogP) is 3.32. The topological polar surface area (TPSA) is 79.8 Å². The lowest BCUT2D eigenvalue weighted by atomic mass is 9.99. The van der Waals surface area contributed by atoms with Crippen LogP contribution in [0.2, 0.25) is 0 Å². The van der Waals surface area contributed by atoms with Crippen LogP contribution in [0.15, 0.2) is 29.3 Å². The first-order valence-electron chi connectivity index (χ1n) is 10.0. The van der Waals surface area contributed by atoms with Gasteiger partial charge in [-0.15, -0.1) is 24.0 Å². The number of sulfone groups is 1. The van der Waals surface area contributed by atoms with Gasteiger partial charge in [0.1, 0.15) is 0 Å². The Kier molecular flexibility index (Phi) is 10.4. The van der Waals surface area contributed by atoms with Crippen molar-refractivity contribution in [3.05, 3.63) is 35.4 Å². The maximum absolute atomic E-state index is 12.4. The van der Waals surface area contributed by atoms with Crippen molar-refractivity contribution in [3.8, 4) is 0 Å². The van der Waals surface area contributed by atoms with E-state index in [1.165, 1.54) is 17.4 Å². The molecule has 1 fully saturated rings. The zero-order valence-electron chi connectivity index (χ0n) is 18.2. The fourth-order valence-corrected chi connectivity index (χ4v) is 4.81. The van der Waals surface area contributed by atoms with Crippen LogP contribution in [-0.2, 0) is 21.0 Å². The molecule has 1 aliphatic heterocycles. The molecular weight excluding hydrogens is 501 g/mol. The molecule has 0 aromatic heterocycles. The molecule has 1 heterocycles. The molecule has 0 aliphatic carbocycles. The Morgan fingerprint density at radius 3 is 2.24 bits per heavy atom. The molecule has 0 saturated carbocycles. The van der Waals surface area contributed by atoms with Gasteiger partial charge in [-0.2, -0.15) is 0 Å². The summed E-state index contributed by atoms with van der Waals surface area (Å²) in [5.74, 6) is 1.24. The quantitative estimate of drug-likeness (QED) is 0.317. The van der Waals surface area contributed by atoms with Gasteiger partial charge in [-0.1, -0.05) is 38.1 Å². The van der Waals surface area contributed by atoms with Crippen molar-refractivity contribution in [1.29, 1.82) is 0 Å². The lowest BCUT2D eigenvalue weighted by Crippen LogP contribution is -2.53. The molecule has 166 valence electrons. The van der Waals surface area contributed by atoms with Crippen molar-refractivity contribution in [1.82, 2.24) is 10.6 Å². The van der Waals surface area contributed by atoms with E-state index in [2.05, 4.69) is 60.7 Å². The molecule has 0 bridgehead atoms. The Labute approximate surface area is 193 Å². The molecule has 1 aliphatic rings. The molecule has 8 heteroatoms. The average Bonchev–Trinajstić information content (AvgIpc) is 2.65. The van der Waals surface area contributed by atoms with E-state index in [4.69, 9.17) is 4.74 Å². The van der Waals surface area contributed by atoms with E-state index in [1.54, 1.807) is 7.05 Å². The van der Waals surface area contributed by atoms with Gasteiger partial charge in [0.25, 0.3) is 0 Å². The molecular formula is C21H36IN3O3S. The minimum absolute atomic E-state index is 0. The summed E-state index contributed by atoms with van der Waals surface area (Å²) in [5, 5.41) is 6.59. The highest BCUT2D eigenvalue weighted by molar-refractivity contribution is 14.0. The van der Waals surface area contributed by atoms with Gasteiger partial charge in [0.05, 0.1) is 10.8 Å². The number of guanidine groups is 1. The third kappa shape index (κ3) is 7.40. The molecule has 29 heavy (non-hydrogen) atoms. The van der Waals surface area contributed by atoms with Crippen LogP contribution in [0.3, 0.4) is 0 Å². The fourth-order valence-electron chi connectivity index (χ4n) is 3.56. The van der Waals surface area contributed by atoms with E-state index in [0.717, 1.165) is 6.42 Å². The summed E-state index contributed by atoms with van der Waals surface area (Å²) < 4.78 is 29.4. The van der Waals surface area contributed by atoms with Crippen LogP contribution in [0.5, 0.6) is 0 Å². The number of benzene rings is 1. The van der Waals surface area contributed by atoms with E-state index in [9.17, 15) is 8.42 Å². The molecule has 0 spiro atoms. The maximum atomic E-state index is 12.4. The third-order valence-electron chi connectivity index (χ3n) is 5.47. The second-order valence-electron chi connectivity index (χ2n) is 8.20. The Hall–Kier alpha value is -0.870. The molecule has 2 N–H and O–H groups in total. The first-order chi connectivity index (χ1) is 13.2. The Morgan fingerprint density at radius 2 is 1.76 bits per heavy atom. The number of hydrogen-bond acceptors (Lipinski definition) is 4. The summed E-state index contributed by atoms with van der Waals surface area (Å²) in [6, 6.07) is 8.68. The van der Waals surface area contributed by atoms with Crippen LogP contribution in [0.25, 0.3) is 0 Å². The van der Waals surface area contributed by atoms with Crippen molar-refractivity contribution >= 4 is 39.8 Å². The highest BCUT2D eigenvalue weighted by atomic mass is 127. The van der Waals surface area contributed by atoms with Crippen molar-refractivity contribution in [3.63, 3.8) is 0 Å². The SMILES string of the molecule is CN=C(NCC1(S(C)(=O)=O)CCOCC1)NC(C)c1ccc(CC(C)C)cc1.I. The third-order valence-corrected chi connectivity index (χ3v) is 7.59. The van der Waals surface area contributed by atoms with Gasteiger partial charge in [0.15, 0.2) is 15.8 Å². The highest BCUT2D eigenvalue weighted by Gasteiger charge is 2.42. The normalized spacial score (nSPS) is 18.1. The van der Waals surface area contributed by atoms with E-state index in [1.807, 2.05) is 0 Å². The van der Waals surface area contributed by atoms with Crippen LogP contribution in [0.4, 0.5) is 0 Å². The summed E-state index contributed by atoms with van der Waals surface area (Å²) in [6.07, 6.45) is 3.39. The molecule has 1 unspecified atom stereocenters. The van der Waals surface area contributed by atoms with E-state index in [0.29, 0.717) is 44.5 Å². The van der Waals surface area contributed by atoms with Crippen LogP contribution < -0.4 is 10.6 Å². The first kappa shape index (κ1) is 26.2. The van der Waals surface area contributed by atoms with Gasteiger partial charge in [-0.25, -0.2) is 8.42 Å². The maximum Gasteiger partial charge on any atom is 0.191 e. The Bertz CT molecular complexity index is 758. The van der Waals surface area contributed by atoms with E-state index < -0.39 is 14.6 Å². The lowest BCUT2D eigenvalue weighted by molar-refractivity contribution is 0.0756. The van der Waals surface area contributed by atoms with Gasteiger partial charge in [-0.05, 0) is 43.2 Å². The van der Waals surface area contributed by atoms with Gasteiger partial charge >= 0.3 is 0 Å². The number of halogens is 1. The lowest BCUT2D eigenvalue weighted by Gasteiger charge is -2.36. The molecule has 2 rings (SSSR count). The van der Waals surface area contributed by atoms with Crippen LogP contribution in [-0.4, -0.2) is 52.2 Å². The number of hydrogen-bond donors (Lipinski definition) is 2. The minimum Gasteiger partial charge on any atom is -0.381 e. The van der Waals surface area contributed by atoms with Gasteiger partial charge < -0.3 is 15.4 Å². The number of rotatable bonds is 7. The molecule has 1 saturated heterocycles. The minimum atomic E-state index is -3.21. The monoisotopic (exact) mass is 537 g/mol. The molecule has 1 aromatic carbocycles. The van der Waals surface area contributed by atoms with Crippen molar-refractivity contribution in [2.75, 3.05) is 33.1 Å². The number of nitrogens with zero attached hydrogens (tertiary/aromatic N) is 1. The summed E-state index contributed by atoms with van der Waals surface area (Å²) >= 11 is 0. The molecule has 0 radical (unpaired) electrons. The van der Waals surface area contributed by atoms with Gasteiger partial charge in [-0.3, -0.25) is 4.99 Å². The summed E-state index contributed by atoms with van der Waals surface area (Å²) in [5.41, 5.74) is 2.50. The van der Waals surface area contributed by atoms with Gasteiger partial charge in [0.2, 0.25) is 0 Å². The fraction of sp³-hybridized carbons (Fsp3) is 0.667. The van der Waals surface area contributed by atoms with Gasteiger partial charge in [0, 0.05) is 33.1 Å². The summed E-state index contributed by atoms with van der Waals surface area (Å²) in [7, 11) is -1.51. The summed E-state index contributed by atoms with van der Waals surface area (Å²) in [6.45, 7) is 7.78. The smallest absolute Gasteiger partial charge is 0.191 e. The molecule has 0 amide bonds. The van der Waals surface area contributed by atoms with E-state index in [-0.39, 0.29) is 30.0 Å². The zero-order valence-corrected chi connectivity index (χ0v) is 21.3. The molecule has 1 atom stereocenters. The standard InChI is InChI=1S/C21H35N3O3S.HI/c1-16(2)14-18-6-8-19(9-7-18)17(3)24-20(22-4)23-15-21(28(5,25)26)10-12-27-13-11-21;/h6-9,16-17H,10-15H2,1-5H3,(H2,22,23,24);1H. The van der Waals surface area contributed by atoms with Crippen molar-refractivity contribution < 1.29 is 13.2 Å². The predicted molar refractivity (Wildman–Crippen MR) is 131 cm³/mol. The largest absolute Gasteiger partial charge is 0.381 e. The summed E-state index contributed by atoms with van der Waals surface area (Å²) in [4.78, 5) is 4.28. The first-order valence-corrected chi connectivity index (χ1v) is 11.9. The number of nitrogens with one attached hydrogen (secondary N) is 2. The van der Waals surface area contributed by atoms with Crippen LogP contribution in [0.1, 0.15) is 50.8 Å². The molecule has 6 nitrogen and oxygen atoms in total. The van der Waals surface area contributed by atoms with Crippen molar-refractivity contribution in [2.24, 2.45) is 10.9 Å². The number of aliphatic imine (C=N–C) groups is 1. The average molecular weight is 538 g/mol. The second-order valence-corrected chi connectivity index (χ2v) is 10.6. The van der Waals surface area contributed by atoms with Crippen molar-refractivity contribution in [2.45, 2.75) is 50.8 Å².